The summed E-state index contributed by atoms with van der Waals surface area (Å²) in [6.45, 7) is 4.76. The normalized spacial score (nSPS) is 17.7. The van der Waals surface area contributed by atoms with E-state index in [2.05, 4.69) is 10.5 Å². The molecule has 0 bridgehead atoms. The Kier molecular flexibility index (Phi) is 4.13. The van der Waals surface area contributed by atoms with Gasteiger partial charge in [-0.1, -0.05) is 30.3 Å². The maximum atomic E-state index is 12.6. The minimum atomic E-state index is -0.0589. The van der Waals surface area contributed by atoms with E-state index in [9.17, 15) is 4.79 Å². The lowest BCUT2D eigenvalue weighted by atomic mass is 10.0. The first kappa shape index (κ1) is 14.6. The summed E-state index contributed by atoms with van der Waals surface area (Å²) in [5.41, 5.74) is 2.79. The summed E-state index contributed by atoms with van der Waals surface area (Å²) in [4.78, 5) is 14.5. The van der Waals surface area contributed by atoms with Gasteiger partial charge in [0.05, 0.1) is 11.7 Å². The molecule has 1 atom stereocenters. The van der Waals surface area contributed by atoms with Crippen LogP contribution in [0.2, 0.25) is 0 Å². The van der Waals surface area contributed by atoms with Crippen LogP contribution in [0.3, 0.4) is 0 Å². The third kappa shape index (κ3) is 2.71. The van der Waals surface area contributed by atoms with Gasteiger partial charge < -0.3 is 14.7 Å². The summed E-state index contributed by atoms with van der Waals surface area (Å²) >= 11 is 0. The number of carbonyl (C=O) groups is 1. The zero-order valence-corrected chi connectivity index (χ0v) is 13.0. The number of hydrogen-bond acceptors (Lipinski definition) is 3. The van der Waals surface area contributed by atoms with Crippen molar-refractivity contribution in [2.24, 2.45) is 0 Å². The molecule has 1 N–H and O–H groups in total. The van der Waals surface area contributed by atoms with Gasteiger partial charge in [-0.25, -0.2) is 4.79 Å². The van der Waals surface area contributed by atoms with Crippen molar-refractivity contribution in [3.8, 4) is 0 Å². The second-order valence-corrected chi connectivity index (χ2v) is 5.61. The van der Waals surface area contributed by atoms with Crippen molar-refractivity contribution in [3.63, 3.8) is 0 Å². The van der Waals surface area contributed by atoms with Crippen LogP contribution in [0.4, 0.5) is 10.5 Å². The van der Waals surface area contributed by atoms with E-state index in [0.29, 0.717) is 0 Å². The van der Waals surface area contributed by atoms with Crippen LogP contribution < -0.4 is 5.32 Å². The molecule has 22 heavy (non-hydrogen) atoms. The van der Waals surface area contributed by atoms with Crippen molar-refractivity contribution < 1.29 is 9.32 Å². The molecule has 1 saturated heterocycles. The number of nitrogens with zero attached hydrogens (tertiary/aromatic N) is 2. The first-order valence-corrected chi connectivity index (χ1v) is 7.78. The highest BCUT2D eigenvalue weighted by atomic mass is 16.5. The number of aromatic nitrogens is 1. The molecule has 1 fully saturated rings. The monoisotopic (exact) mass is 299 g/mol. The fourth-order valence-electron chi connectivity index (χ4n) is 3.13. The Balaban J connectivity index is 1.81. The van der Waals surface area contributed by atoms with Crippen LogP contribution in [-0.2, 0) is 6.42 Å². The number of urea groups is 1. The third-order valence-electron chi connectivity index (χ3n) is 4.18. The minimum Gasteiger partial charge on any atom is -0.361 e. The van der Waals surface area contributed by atoms with Crippen molar-refractivity contribution in [1.82, 2.24) is 10.1 Å². The first-order valence-electron chi connectivity index (χ1n) is 7.78. The van der Waals surface area contributed by atoms with Gasteiger partial charge in [0.25, 0.3) is 0 Å². The van der Waals surface area contributed by atoms with E-state index in [1.807, 2.05) is 49.1 Å². The van der Waals surface area contributed by atoms with Crippen molar-refractivity contribution in [3.05, 3.63) is 47.3 Å². The van der Waals surface area contributed by atoms with Gasteiger partial charge in [-0.15, -0.1) is 0 Å². The molecule has 0 spiro atoms. The van der Waals surface area contributed by atoms with Crippen LogP contribution in [0.25, 0.3) is 0 Å². The molecule has 1 aromatic heterocycles. The molecule has 5 heteroatoms. The number of carbonyl (C=O) groups excluding carboxylic acids is 1. The summed E-state index contributed by atoms with van der Waals surface area (Å²) in [5.74, 6) is 0.891. The molecule has 0 saturated carbocycles. The Morgan fingerprint density at radius 1 is 1.41 bits per heavy atom. The lowest BCUT2D eigenvalue weighted by Gasteiger charge is -2.25. The molecule has 1 aliphatic heterocycles. The molecule has 1 aromatic carbocycles. The van der Waals surface area contributed by atoms with Crippen LogP contribution in [-0.4, -0.2) is 22.6 Å². The Morgan fingerprint density at radius 2 is 2.18 bits per heavy atom. The van der Waals surface area contributed by atoms with Gasteiger partial charge in [-0.2, -0.15) is 0 Å². The lowest BCUT2D eigenvalue weighted by Crippen LogP contribution is -2.34. The van der Waals surface area contributed by atoms with E-state index in [1.165, 1.54) is 0 Å². The maximum absolute atomic E-state index is 12.6. The molecule has 0 aliphatic carbocycles. The Labute approximate surface area is 130 Å². The molecule has 116 valence electrons. The zero-order chi connectivity index (χ0) is 15.5. The van der Waals surface area contributed by atoms with Gasteiger partial charge in [0.15, 0.2) is 0 Å². The topological polar surface area (TPSA) is 58.4 Å². The molecule has 2 amide bonds. The number of aryl methyl sites for hydroxylation is 2. The van der Waals surface area contributed by atoms with E-state index in [1.54, 1.807) is 0 Å². The standard InChI is InChI=1S/C17H21N3O2/c1-3-15-16(12(2)19-22-15)14-10-7-11-20(14)17(21)18-13-8-5-4-6-9-13/h4-6,8-9,14H,3,7,10-11H2,1-2H3,(H,18,21). The second-order valence-electron chi connectivity index (χ2n) is 5.61. The highest BCUT2D eigenvalue weighted by Crippen LogP contribution is 2.36. The van der Waals surface area contributed by atoms with Crippen molar-refractivity contribution in [2.75, 3.05) is 11.9 Å². The van der Waals surface area contributed by atoms with Crippen LogP contribution >= 0.6 is 0 Å². The van der Waals surface area contributed by atoms with Crippen LogP contribution in [0.5, 0.6) is 0 Å². The van der Waals surface area contributed by atoms with E-state index >= 15 is 0 Å². The Hall–Kier alpha value is -2.30. The first-order chi connectivity index (χ1) is 10.7. The second kappa shape index (κ2) is 6.22. The maximum Gasteiger partial charge on any atom is 0.322 e. The fraction of sp³-hybridized carbons (Fsp3) is 0.412. The summed E-state index contributed by atoms with van der Waals surface area (Å²) in [7, 11) is 0. The Bertz CT molecular complexity index is 651. The highest BCUT2D eigenvalue weighted by molar-refractivity contribution is 5.89. The average molecular weight is 299 g/mol. The quantitative estimate of drug-likeness (QED) is 0.934. The van der Waals surface area contributed by atoms with Crippen LogP contribution in [0.15, 0.2) is 34.9 Å². The highest BCUT2D eigenvalue weighted by Gasteiger charge is 2.34. The van der Waals surface area contributed by atoms with Gasteiger partial charge in [0, 0.05) is 24.2 Å². The largest absolute Gasteiger partial charge is 0.361 e. The molecule has 2 heterocycles. The number of anilines is 1. The number of nitrogens with one attached hydrogen (secondary N) is 1. The third-order valence-corrected chi connectivity index (χ3v) is 4.18. The predicted molar refractivity (Wildman–Crippen MR) is 84.8 cm³/mol. The molecular weight excluding hydrogens is 278 g/mol. The summed E-state index contributed by atoms with van der Waals surface area (Å²) < 4.78 is 5.39. The van der Waals surface area contributed by atoms with Crippen LogP contribution in [0.1, 0.15) is 42.8 Å². The SMILES string of the molecule is CCc1onc(C)c1C1CCCN1C(=O)Nc1ccccc1. The molecule has 2 aromatic rings. The predicted octanol–water partition coefficient (Wildman–Crippen LogP) is 3.91. The number of rotatable bonds is 3. The summed E-state index contributed by atoms with van der Waals surface area (Å²) in [6.07, 6.45) is 2.75. The number of benzene rings is 1. The number of likely N-dealkylation sites (tertiary alicyclic amines) is 1. The van der Waals surface area contributed by atoms with Gasteiger partial charge in [0.2, 0.25) is 0 Å². The molecular formula is C17H21N3O2. The van der Waals surface area contributed by atoms with E-state index in [0.717, 1.165) is 48.5 Å². The van der Waals surface area contributed by atoms with Crippen LogP contribution in [0, 0.1) is 6.92 Å². The molecule has 1 aliphatic rings. The molecule has 3 rings (SSSR count). The smallest absolute Gasteiger partial charge is 0.322 e. The summed E-state index contributed by atoms with van der Waals surface area (Å²) in [5, 5.41) is 7.05. The van der Waals surface area contributed by atoms with Gasteiger partial charge >= 0.3 is 6.03 Å². The van der Waals surface area contributed by atoms with Crippen molar-refractivity contribution in [2.45, 2.75) is 39.2 Å². The number of hydrogen-bond donors (Lipinski definition) is 1. The number of para-hydroxylation sites is 1. The summed E-state index contributed by atoms with van der Waals surface area (Å²) in [6, 6.07) is 9.55. The van der Waals surface area contributed by atoms with E-state index in [-0.39, 0.29) is 12.1 Å². The molecule has 0 radical (unpaired) electrons. The minimum absolute atomic E-state index is 0.0589. The van der Waals surface area contributed by atoms with Gasteiger partial charge in [-0.05, 0) is 31.9 Å². The zero-order valence-electron chi connectivity index (χ0n) is 13.0. The number of amides is 2. The van der Waals surface area contributed by atoms with Gasteiger partial charge in [-0.3, -0.25) is 0 Å². The van der Waals surface area contributed by atoms with Crippen molar-refractivity contribution >= 4 is 11.7 Å². The fourth-order valence-corrected chi connectivity index (χ4v) is 3.13. The van der Waals surface area contributed by atoms with E-state index in [4.69, 9.17) is 4.52 Å². The Morgan fingerprint density at radius 3 is 2.91 bits per heavy atom. The lowest BCUT2D eigenvalue weighted by molar-refractivity contribution is 0.206. The molecule has 1 unspecified atom stereocenters. The average Bonchev–Trinajstić information content (AvgIpc) is 3.14. The van der Waals surface area contributed by atoms with Crippen molar-refractivity contribution in [1.29, 1.82) is 0 Å². The van der Waals surface area contributed by atoms with E-state index < -0.39 is 0 Å². The van der Waals surface area contributed by atoms with Gasteiger partial charge in [0.1, 0.15) is 5.76 Å². The molecule has 5 nitrogen and oxygen atoms in total.